The number of hydrogen-bond acceptors (Lipinski definition) is 2. The Kier molecular flexibility index (Phi) is 7.89. The van der Waals surface area contributed by atoms with Gasteiger partial charge in [0.05, 0.1) is 5.69 Å². The van der Waals surface area contributed by atoms with Crippen LogP contribution in [-0.2, 0) is 0 Å². The molecule has 12 rings (SSSR count). The zero-order valence-electron chi connectivity index (χ0n) is 32.7. The van der Waals surface area contributed by atoms with Gasteiger partial charge < -0.3 is 9.64 Å². The zero-order chi connectivity index (χ0) is 39.6. The van der Waals surface area contributed by atoms with Crippen LogP contribution >= 0.6 is 0 Å². The smallest absolute Gasteiger partial charge is 0.138 e. The molecule has 0 amide bonds. The van der Waals surface area contributed by atoms with E-state index in [1.165, 1.54) is 54.6 Å². The highest BCUT2D eigenvalue weighted by atomic mass is 16.5. The van der Waals surface area contributed by atoms with Crippen molar-refractivity contribution in [3.8, 4) is 56.0 Å². The minimum atomic E-state index is 0.837. The van der Waals surface area contributed by atoms with Gasteiger partial charge in [-0.05, 0) is 125 Å². The molecule has 2 nitrogen and oxygen atoms in total. The fourth-order valence-electron chi connectivity index (χ4n) is 9.39. The average molecular weight is 764 g/mol. The maximum absolute atomic E-state index is 7.02. The summed E-state index contributed by atoms with van der Waals surface area (Å²) in [7, 11) is 0. The van der Waals surface area contributed by atoms with Crippen LogP contribution in [0.5, 0.6) is 11.5 Å². The molecule has 0 radical (unpaired) electrons. The van der Waals surface area contributed by atoms with Crippen LogP contribution in [0.3, 0.4) is 0 Å². The summed E-state index contributed by atoms with van der Waals surface area (Å²) in [6.45, 7) is 0. The number of rotatable bonds is 6. The minimum Gasteiger partial charge on any atom is -0.456 e. The maximum atomic E-state index is 7.02. The lowest BCUT2D eigenvalue weighted by Crippen LogP contribution is -2.13. The molecular weight excluding hydrogens is 727 g/mol. The number of nitrogens with zero attached hydrogens (tertiary/aromatic N) is 1. The third-order valence-corrected chi connectivity index (χ3v) is 12.2. The van der Waals surface area contributed by atoms with Gasteiger partial charge in [-0.3, -0.25) is 0 Å². The average Bonchev–Trinajstić information content (AvgIpc) is 3.32. The molecule has 11 aromatic rings. The van der Waals surface area contributed by atoms with Crippen LogP contribution in [0, 0.1) is 0 Å². The van der Waals surface area contributed by atoms with Crippen molar-refractivity contribution in [3.63, 3.8) is 0 Å². The molecule has 0 aliphatic carbocycles. The summed E-state index contributed by atoms with van der Waals surface area (Å²) in [6, 6.07) is 81.2. The number of ether oxygens (including phenoxy) is 1. The van der Waals surface area contributed by atoms with Crippen LogP contribution < -0.4 is 9.64 Å². The van der Waals surface area contributed by atoms with Gasteiger partial charge in [0.1, 0.15) is 11.5 Å². The molecule has 2 heteroatoms. The van der Waals surface area contributed by atoms with Crippen molar-refractivity contribution >= 4 is 60.2 Å². The van der Waals surface area contributed by atoms with E-state index in [0.717, 1.165) is 61.6 Å². The Morgan fingerprint density at radius 2 is 0.783 bits per heavy atom. The van der Waals surface area contributed by atoms with Gasteiger partial charge in [-0.25, -0.2) is 0 Å². The molecule has 0 fully saturated rings. The number of benzene rings is 11. The fourth-order valence-corrected chi connectivity index (χ4v) is 9.39. The molecule has 11 aromatic carbocycles. The highest BCUT2D eigenvalue weighted by Gasteiger charge is 2.28. The standard InChI is InChI=1S/C58H37NO/c1-3-13-38(14-4-1)40-25-30-45(31-26-40)59(46-32-27-41(28-33-46)39-15-5-2-6-16-39)54-36-44(37-56-58(54)52-23-11-17-42-18-12-24-55(60-56)57(42)52)43-29-34-51-49-21-8-7-19-47(49)48-20-9-10-22-50(48)53(51)35-43/h1-37H. The van der Waals surface area contributed by atoms with Gasteiger partial charge in [0.15, 0.2) is 0 Å². The van der Waals surface area contributed by atoms with Gasteiger partial charge in [0.2, 0.25) is 0 Å². The number of anilines is 3. The summed E-state index contributed by atoms with van der Waals surface area (Å²) in [5.74, 6) is 1.71. The SMILES string of the molecule is c1ccc(-c2ccc(N(c3ccc(-c4ccccc4)cc3)c3cc(-c4ccc5c6ccccc6c6ccccc6c5c4)cc4c3-c3cccc5cccc(c35)O4)cc2)cc1. The van der Waals surface area contributed by atoms with Crippen LogP contribution in [-0.4, -0.2) is 0 Å². The molecular formula is C58H37NO. The van der Waals surface area contributed by atoms with Crippen LogP contribution in [0.4, 0.5) is 17.1 Å². The van der Waals surface area contributed by atoms with E-state index in [9.17, 15) is 0 Å². The quantitative estimate of drug-likeness (QED) is 0.156. The first-order valence-corrected chi connectivity index (χ1v) is 20.6. The second-order valence-electron chi connectivity index (χ2n) is 15.6. The molecule has 0 unspecified atom stereocenters. The fraction of sp³-hybridized carbons (Fsp3) is 0. The predicted molar refractivity (Wildman–Crippen MR) is 253 cm³/mol. The van der Waals surface area contributed by atoms with Gasteiger partial charge in [-0.2, -0.15) is 0 Å². The summed E-state index contributed by atoms with van der Waals surface area (Å²) in [5, 5.41) is 9.83. The van der Waals surface area contributed by atoms with E-state index in [2.05, 4.69) is 229 Å². The van der Waals surface area contributed by atoms with E-state index in [4.69, 9.17) is 4.74 Å². The Balaban J connectivity index is 1.12. The van der Waals surface area contributed by atoms with Crippen molar-refractivity contribution < 1.29 is 4.74 Å². The maximum Gasteiger partial charge on any atom is 0.138 e. The highest BCUT2D eigenvalue weighted by Crippen LogP contribution is 2.54. The molecule has 1 aliphatic rings. The molecule has 0 atom stereocenters. The highest BCUT2D eigenvalue weighted by molar-refractivity contribution is 6.25. The second-order valence-corrected chi connectivity index (χ2v) is 15.6. The Morgan fingerprint density at radius 1 is 0.300 bits per heavy atom. The number of fused-ring (bicyclic) bond motifs is 8. The predicted octanol–water partition coefficient (Wildman–Crippen LogP) is 16.5. The first kappa shape index (κ1) is 34.1. The molecule has 0 aromatic heterocycles. The summed E-state index contributed by atoms with van der Waals surface area (Å²) < 4.78 is 7.02. The summed E-state index contributed by atoms with van der Waals surface area (Å²) in [4.78, 5) is 2.41. The van der Waals surface area contributed by atoms with Crippen molar-refractivity contribution in [1.82, 2.24) is 0 Å². The van der Waals surface area contributed by atoms with Gasteiger partial charge in [-0.1, -0.05) is 176 Å². The summed E-state index contributed by atoms with van der Waals surface area (Å²) in [5.41, 5.74) is 12.3. The lowest BCUT2D eigenvalue weighted by Gasteiger charge is -2.32. The first-order valence-electron chi connectivity index (χ1n) is 20.6. The van der Waals surface area contributed by atoms with Gasteiger partial charge in [0, 0.05) is 22.3 Å². The van der Waals surface area contributed by atoms with Crippen molar-refractivity contribution in [2.24, 2.45) is 0 Å². The normalized spacial score (nSPS) is 11.8. The largest absolute Gasteiger partial charge is 0.456 e. The molecule has 0 spiro atoms. The van der Waals surface area contributed by atoms with E-state index >= 15 is 0 Å². The van der Waals surface area contributed by atoms with E-state index in [-0.39, 0.29) is 0 Å². The summed E-state index contributed by atoms with van der Waals surface area (Å²) >= 11 is 0. The van der Waals surface area contributed by atoms with Gasteiger partial charge >= 0.3 is 0 Å². The van der Waals surface area contributed by atoms with Crippen molar-refractivity contribution in [2.75, 3.05) is 4.90 Å². The van der Waals surface area contributed by atoms with Crippen LogP contribution in [0.15, 0.2) is 224 Å². The molecule has 0 N–H and O–H groups in total. The van der Waals surface area contributed by atoms with Crippen LogP contribution in [0.2, 0.25) is 0 Å². The van der Waals surface area contributed by atoms with Crippen molar-refractivity contribution in [1.29, 1.82) is 0 Å². The van der Waals surface area contributed by atoms with Crippen LogP contribution in [0.1, 0.15) is 0 Å². The molecule has 0 bridgehead atoms. The van der Waals surface area contributed by atoms with E-state index < -0.39 is 0 Å². The third-order valence-electron chi connectivity index (χ3n) is 12.2. The second kappa shape index (κ2) is 13.9. The topological polar surface area (TPSA) is 12.5 Å². The monoisotopic (exact) mass is 763 g/mol. The molecule has 1 aliphatic heterocycles. The van der Waals surface area contributed by atoms with Crippen LogP contribution in [0.25, 0.3) is 87.6 Å². The lowest BCUT2D eigenvalue weighted by atomic mass is 9.89. The summed E-state index contributed by atoms with van der Waals surface area (Å²) in [6.07, 6.45) is 0. The van der Waals surface area contributed by atoms with E-state index in [0.29, 0.717) is 0 Å². The Bertz CT molecular complexity index is 3300. The van der Waals surface area contributed by atoms with E-state index in [1.54, 1.807) is 0 Å². The van der Waals surface area contributed by atoms with Crippen molar-refractivity contribution in [2.45, 2.75) is 0 Å². The minimum absolute atomic E-state index is 0.837. The van der Waals surface area contributed by atoms with Crippen molar-refractivity contribution in [3.05, 3.63) is 224 Å². The Hall–Kier alpha value is -7.94. The van der Waals surface area contributed by atoms with Gasteiger partial charge in [0.25, 0.3) is 0 Å². The molecule has 0 saturated carbocycles. The third kappa shape index (κ3) is 5.57. The van der Waals surface area contributed by atoms with E-state index in [1.807, 2.05) is 0 Å². The Labute approximate surface area is 348 Å². The lowest BCUT2D eigenvalue weighted by molar-refractivity contribution is 0.487. The van der Waals surface area contributed by atoms with Gasteiger partial charge in [-0.15, -0.1) is 0 Å². The molecule has 280 valence electrons. The first-order chi connectivity index (χ1) is 29.7. The molecule has 1 heterocycles. The zero-order valence-corrected chi connectivity index (χ0v) is 32.7. The molecule has 60 heavy (non-hydrogen) atoms. The Morgan fingerprint density at radius 3 is 1.37 bits per heavy atom. The number of hydrogen-bond donors (Lipinski definition) is 0. The molecule has 0 saturated heterocycles.